The smallest absolute Gasteiger partial charge is 0.237 e. The lowest BCUT2D eigenvalue weighted by molar-refractivity contribution is -0.123. The van der Waals surface area contributed by atoms with Crippen LogP contribution in [-0.2, 0) is 15.6 Å². The van der Waals surface area contributed by atoms with Crippen molar-refractivity contribution in [2.24, 2.45) is 0 Å². The molecule has 1 fully saturated rings. The fourth-order valence-corrected chi connectivity index (χ4v) is 2.36. The molecule has 1 aliphatic heterocycles. The van der Waals surface area contributed by atoms with Gasteiger partial charge in [0.15, 0.2) is 0 Å². The van der Waals surface area contributed by atoms with Gasteiger partial charge >= 0.3 is 0 Å². The summed E-state index contributed by atoms with van der Waals surface area (Å²) in [5.74, 6) is 0.522. The van der Waals surface area contributed by atoms with Gasteiger partial charge in [-0.15, -0.1) is 0 Å². The van der Waals surface area contributed by atoms with E-state index in [0.29, 0.717) is 25.1 Å². The minimum atomic E-state index is -0.816. The minimum absolute atomic E-state index is 0.0240. The van der Waals surface area contributed by atoms with Gasteiger partial charge in [0.2, 0.25) is 5.91 Å². The van der Waals surface area contributed by atoms with Crippen molar-refractivity contribution in [1.82, 2.24) is 10.6 Å². The molecule has 0 bridgehead atoms. The highest BCUT2D eigenvalue weighted by Crippen LogP contribution is 2.06. The normalized spacial score (nSPS) is 28.7. The van der Waals surface area contributed by atoms with Gasteiger partial charge in [-0.25, -0.2) is 0 Å². The number of amides is 1. The van der Waals surface area contributed by atoms with Crippen LogP contribution in [0.1, 0.15) is 19.8 Å². The van der Waals surface area contributed by atoms with Gasteiger partial charge in [-0.1, -0.05) is 0 Å². The number of carbonyl (C=O) groups excluding carboxylic acids is 1. The molecular weight excluding hydrogens is 228 g/mol. The molecule has 1 rings (SSSR count). The van der Waals surface area contributed by atoms with E-state index in [1.54, 1.807) is 6.26 Å². The molecule has 1 aliphatic rings. The summed E-state index contributed by atoms with van der Waals surface area (Å²) in [6.45, 7) is 2.38. The second kappa shape index (κ2) is 6.32. The van der Waals surface area contributed by atoms with Crippen molar-refractivity contribution < 1.29 is 14.1 Å². The Morgan fingerprint density at radius 2 is 2.38 bits per heavy atom. The number of aliphatic hydroxyl groups is 1. The van der Waals surface area contributed by atoms with Gasteiger partial charge in [-0.05, 0) is 19.8 Å². The molecule has 0 spiro atoms. The Balaban J connectivity index is 2.25. The first kappa shape index (κ1) is 13.6. The highest BCUT2D eigenvalue weighted by molar-refractivity contribution is 7.84. The molecule has 3 N–H and O–H groups in total. The first-order chi connectivity index (χ1) is 7.49. The Bertz CT molecular complexity index is 273. The van der Waals surface area contributed by atoms with Crippen molar-refractivity contribution in [2.45, 2.75) is 38.0 Å². The zero-order chi connectivity index (χ0) is 12.1. The zero-order valence-corrected chi connectivity index (χ0v) is 10.5. The van der Waals surface area contributed by atoms with Crippen molar-refractivity contribution in [2.75, 3.05) is 18.6 Å². The monoisotopic (exact) mass is 248 g/mol. The topological polar surface area (TPSA) is 78.4 Å². The minimum Gasteiger partial charge on any atom is -0.392 e. The van der Waals surface area contributed by atoms with E-state index in [1.807, 2.05) is 6.92 Å². The van der Waals surface area contributed by atoms with Crippen LogP contribution in [0.3, 0.4) is 0 Å². The SMILES string of the molecule is CC(CCS(C)=O)NC(=O)C1CC(O)CN1. The summed E-state index contributed by atoms with van der Waals surface area (Å²) in [4.78, 5) is 11.7. The fourth-order valence-electron chi connectivity index (χ4n) is 1.68. The van der Waals surface area contributed by atoms with Gasteiger partial charge in [0.1, 0.15) is 0 Å². The Morgan fingerprint density at radius 1 is 1.69 bits per heavy atom. The van der Waals surface area contributed by atoms with Crippen LogP contribution in [0.5, 0.6) is 0 Å². The van der Waals surface area contributed by atoms with E-state index in [9.17, 15) is 14.1 Å². The van der Waals surface area contributed by atoms with Crippen molar-refractivity contribution in [3.8, 4) is 0 Å². The van der Waals surface area contributed by atoms with Crippen molar-refractivity contribution in [1.29, 1.82) is 0 Å². The summed E-state index contributed by atoms with van der Waals surface area (Å²) in [6.07, 6.45) is 2.42. The lowest BCUT2D eigenvalue weighted by Gasteiger charge is -2.16. The number of nitrogens with one attached hydrogen (secondary N) is 2. The lowest BCUT2D eigenvalue weighted by atomic mass is 10.1. The first-order valence-electron chi connectivity index (χ1n) is 5.51. The Labute approximate surface area is 98.4 Å². The third-order valence-electron chi connectivity index (χ3n) is 2.65. The Hall–Kier alpha value is -0.460. The van der Waals surface area contributed by atoms with E-state index in [2.05, 4.69) is 10.6 Å². The van der Waals surface area contributed by atoms with Crippen LogP contribution in [0.4, 0.5) is 0 Å². The van der Waals surface area contributed by atoms with Crippen LogP contribution in [0.15, 0.2) is 0 Å². The third-order valence-corrected chi connectivity index (χ3v) is 3.46. The molecule has 1 heterocycles. The molecule has 4 atom stereocenters. The maximum absolute atomic E-state index is 11.7. The average Bonchev–Trinajstić information content (AvgIpc) is 2.62. The fraction of sp³-hybridized carbons (Fsp3) is 0.900. The largest absolute Gasteiger partial charge is 0.392 e. The van der Waals surface area contributed by atoms with Crippen LogP contribution in [0, 0.1) is 0 Å². The molecule has 4 unspecified atom stereocenters. The number of hydrogen-bond donors (Lipinski definition) is 3. The molecule has 0 aliphatic carbocycles. The van der Waals surface area contributed by atoms with Crippen molar-refractivity contribution in [3.05, 3.63) is 0 Å². The van der Waals surface area contributed by atoms with Crippen molar-refractivity contribution in [3.63, 3.8) is 0 Å². The second-order valence-electron chi connectivity index (χ2n) is 4.33. The van der Waals surface area contributed by atoms with E-state index >= 15 is 0 Å². The molecule has 94 valence electrons. The van der Waals surface area contributed by atoms with Gasteiger partial charge in [-0.3, -0.25) is 9.00 Å². The zero-order valence-electron chi connectivity index (χ0n) is 9.73. The highest BCUT2D eigenvalue weighted by Gasteiger charge is 2.28. The summed E-state index contributed by atoms with van der Waals surface area (Å²) < 4.78 is 10.9. The molecule has 1 saturated heterocycles. The molecule has 0 aromatic rings. The number of rotatable bonds is 5. The standard InChI is InChI=1S/C10H20N2O3S/c1-7(3-4-16(2)15)12-10(14)9-5-8(13)6-11-9/h7-9,11,13H,3-6H2,1-2H3,(H,12,14). The number of β-amino-alcohol motifs (C(OH)–C–C–N with tert-alkyl or cyclic N) is 1. The molecule has 1 amide bonds. The third kappa shape index (κ3) is 4.59. The van der Waals surface area contributed by atoms with Gasteiger partial charge < -0.3 is 15.7 Å². The van der Waals surface area contributed by atoms with Crippen LogP contribution < -0.4 is 10.6 Å². The maximum Gasteiger partial charge on any atom is 0.237 e. The summed E-state index contributed by atoms with van der Waals surface area (Å²) in [6, 6.07) is -0.263. The van der Waals surface area contributed by atoms with Gasteiger partial charge in [0, 0.05) is 35.4 Å². The quantitative estimate of drug-likeness (QED) is 0.582. The maximum atomic E-state index is 11.7. The average molecular weight is 248 g/mol. The molecule has 6 heteroatoms. The van der Waals surface area contributed by atoms with Crippen molar-refractivity contribution >= 4 is 16.7 Å². The van der Waals surface area contributed by atoms with E-state index in [0.717, 1.165) is 0 Å². The van der Waals surface area contributed by atoms with Gasteiger partial charge in [0.25, 0.3) is 0 Å². The lowest BCUT2D eigenvalue weighted by Crippen LogP contribution is -2.44. The first-order valence-corrected chi connectivity index (χ1v) is 7.23. The van der Waals surface area contributed by atoms with E-state index < -0.39 is 16.9 Å². The van der Waals surface area contributed by atoms with Crippen LogP contribution in [0.25, 0.3) is 0 Å². The molecule has 0 aromatic carbocycles. The van der Waals surface area contributed by atoms with Crippen LogP contribution in [0.2, 0.25) is 0 Å². The number of aliphatic hydroxyl groups excluding tert-OH is 1. The Kier molecular flexibility index (Phi) is 5.37. The van der Waals surface area contributed by atoms with Crippen LogP contribution in [-0.4, -0.2) is 52.0 Å². The van der Waals surface area contributed by atoms with E-state index in [1.165, 1.54) is 0 Å². The molecule has 5 nitrogen and oxygen atoms in total. The van der Waals surface area contributed by atoms with Gasteiger partial charge in [-0.2, -0.15) is 0 Å². The predicted molar refractivity (Wildman–Crippen MR) is 63.6 cm³/mol. The molecular formula is C10H20N2O3S. The number of hydrogen-bond acceptors (Lipinski definition) is 4. The molecule has 16 heavy (non-hydrogen) atoms. The van der Waals surface area contributed by atoms with Crippen LogP contribution >= 0.6 is 0 Å². The number of carbonyl (C=O) groups is 1. The van der Waals surface area contributed by atoms with E-state index in [4.69, 9.17) is 0 Å². The van der Waals surface area contributed by atoms with Gasteiger partial charge in [0.05, 0.1) is 12.1 Å². The predicted octanol–water partition coefficient (Wildman–Crippen LogP) is -1.02. The highest BCUT2D eigenvalue weighted by atomic mass is 32.2. The summed E-state index contributed by atoms with van der Waals surface area (Å²) in [5.41, 5.74) is 0. The van der Waals surface area contributed by atoms with E-state index in [-0.39, 0.29) is 18.0 Å². The summed E-state index contributed by atoms with van der Waals surface area (Å²) in [7, 11) is -0.816. The second-order valence-corrected chi connectivity index (χ2v) is 5.88. The molecule has 0 radical (unpaired) electrons. The summed E-state index contributed by atoms with van der Waals surface area (Å²) >= 11 is 0. The Morgan fingerprint density at radius 3 is 2.88 bits per heavy atom. The molecule has 0 aromatic heterocycles. The summed E-state index contributed by atoms with van der Waals surface area (Å²) in [5, 5.41) is 15.1. The molecule has 0 saturated carbocycles.